The topological polar surface area (TPSA) is 91.2 Å². The van der Waals surface area contributed by atoms with Crippen LogP contribution in [-0.2, 0) is 0 Å². The van der Waals surface area contributed by atoms with Crippen molar-refractivity contribution in [2.24, 2.45) is 0 Å². The fraction of sp³-hybridized carbons (Fsp3) is 0.333. The molecule has 0 spiro atoms. The molecule has 1 fully saturated rings. The first-order chi connectivity index (χ1) is 14.0. The second-order valence-electron chi connectivity index (χ2n) is 7.68. The van der Waals surface area contributed by atoms with E-state index in [0.29, 0.717) is 23.0 Å². The maximum atomic E-state index is 12.9. The lowest BCUT2D eigenvalue weighted by Crippen LogP contribution is -2.29. The highest BCUT2D eigenvalue weighted by Gasteiger charge is 2.22. The number of hydrogen-bond donors (Lipinski definition) is 2. The normalized spacial score (nSPS) is 16.9. The number of aryl methyl sites for hydroxylation is 2. The second-order valence-corrected chi connectivity index (χ2v) is 7.68. The molecule has 0 unspecified atom stereocenters. The standard InChI is InChI=1S/C21H23N7O/c1-12-9-28-11-15(19(29)13(2)21(28)24-12)20-23-8-17-16(26-20)4-5-18(25-17)27-7-6-14(10-27)22-3/h4-5,8-9,11,14,22,24H,6-7,10H2,1-3H3/t14-/m0/s1. The van der Waals surface area contributed by atoms with E-state index in [2.05, 4.69) is 25.2 Å². The van der Waals surface area contributed by atoms with Crippen LogP contribution in [0.2, 0.25) is 0 Å². The molecule has 1 saturated heterocycles. The molecule has 4 aromatic heterocycles. The second kappa shape index (κ2) is 6.66. The minimum absolute atomic E-state index is 0.0639. The Hall–Kier alpha value is -3.26. The minimum atomic E-state index is -0.0639. The molecule has 4 aromatic rings. The monoisotopic (exact) mass is 389 g/mol. The van der Waals surface area contributed by atoms with Gasteiger partial charge in [-0.1, -0.05) is 0 Å². The Morgan fingerprint density at radius 3 is 2.83 bits per heavy atom. The summed E-state index contributed by atoms with van der Waals surface area (Å²) in [5.74, 6) is 1.36. The summed E-state index contributed by atoms with van der Waals surface area (Å²) in [5.41, 5.74) is 4.33. The molecule has 1 atom stereocenters. The number of nitrogens with one attached hydrogen (secondary N) is 2. The fourth-order valence-corrected chi connectivity index (χ4v) is 4.03. The van der Waals surface area contributed by atoms with E-state index >= 15 is 0 Å². The number of likely N-dealkylation sites (N-methyl/N-ethyl adjacent to an activating group) is 1. The molecule has 8 heteroatoms. The van der Waals surface area contributed by atoms with Crippen molar-refractivity contribution >= 4 is 22.5 Å². The van der Waals surface area contributed by atoms with Gasteiger partial charge in [-0.2, -0.15) is 0 Å². The molecule has 8 nitrogen and oxygen atoms in total. The fourth-order valence-electron chi connectivity index (χ4n) is 4.03. The quantitative estimate of drug-likeness (QED) is 0.557. The van der Waals surface area contributed by atoms with Crippen LogP contribution in [0.4, 0.5) is 5.82 Å². The number of rotatable bonds is 3. The molecular formula is C21H23N7O. The van der Waals surface area contributed by atoms with Gasteiger partial charge in [0.2, 0.25) is 0 Å². The van der Waals surface area contributed by atoms with Gasteiger partial charge < -0.3 is 19.6 Å². The van der Waals surface area contributed by atoms with Crippen LogP contribution in [-0.4, -0.2) is 50.5 Å². The van der Waals surface area contributed by atoms with Crippen LogP contribution in [0, 0.1) is 13.8 Å². The molecule has 5 heterocycles. The van der Waals surface area contributed by atoms with Crippen LogP contribution in [0.25, 0.3) is 28.1 Å². The van der Waals surface area contributed by atoms with Gasteiger partial charge in [-0.05, 0) is 39.4 Å². The third kappa shape index (κ3) is 2.96. The molecule has 5 rings (SSSR count). The smallest absolute Gasteiger partial charge is 0.197 e. The zero-order valence-corrected chi connectivity index (χ0v) is 16.7. The van der Waals surface area contributed by atoms with Crippen molar-refractivity contribution in [1.82, 2.24) is 29.7 Å². The zero-order valence-electron chi connectivity index (χ0n) is 16.7. The molecule has 0 aromatic carbocycles. The molecule has 0 bridgehead atoms. The van der Waals surface area contributed by atoms with Crippen LogP contribution in [0.3, 0.4) is 0 Å². The molecular weight excluding hydrogens is 366 g/mol. The molecule has 29 heavy (non-hydrogen) atoms. The highest BCUT2D eigenvalue weighted by Crippen LogP contribution is 2.22. The van der Waals surface area contributed by atoms with Crippen molar-refractivity contribution in [3.05, 3.63) is 52.2 Å². The summed E-state index contributed by atoms with van der Waals surface area (Å²) in [6.07, 6.45) is 6.56. The third-order valence-corrected chi connectivity index (χ3v) is 5.70. The average Bonchev–Trinajstić information content (AvgIpc) is 3.36. The molecule has 0 aliphatic carbocycles. The number of nitrogens with zero attached hydrogens (tertiary/aromatic N) is 5. The van der Waals surface area contributed by atoms with Gasteiger partial charge in [-0.15, -0.1) is 0 Å². The van der Waals surface area contributed by atoms with E-state index in [1.54, 1.807) is 12.4 Å². The number of aromatic nitrogens is 5. The van der Waals surface area contributed by atoms with Crippen LogP contribution in [0.1, 0.15) is 17.7 Å². The van der Waals surface area contributed by atoms with Gasteiger partial charge in [0.1, 0.15) is 17.0 Å². The summed E-state index contributed by atoms with van der Waals surface area (Å²) >= 11 is 0. The lowest BCUT2D eigenvalue weighted by Gasteiger charge is -2.17. The number of hydrogen-bond acceptors (Lipinski definition) is 6. The number of aromatic amines is 1. The first-order valence-corrected chi connectivity index (χ1v) is 9.81. The number of H-pyrrole nitrogens is 1. The van der Waals surface area contributed by atoms with E-state index in [-0.39, 0.29) is 5.43 Å². The maximum absolute atomic E-state index is 12.9. The van der Waals surface area contributed by atoms with Gasteiger partial charge in [0, 0.05) is 42.8 Å². The van der Waals surface area contributed by atoms with Crippen molar-refractivity contribution in [1.29, 1.82) is 0 Å². The van der Waals surface area contributed by atoms with E-state index in [0.717, 1.165) is 47.7 Å². The predicted molar refractivity (Wildman–Crippen MR) is 113 cm³/mol. The Morgan fingerprint density at radius 1 is 1.17 bits per heavy atom. The van der Waals surface area contributed by atoms with Crippen LogP contribution < -0.4 is 15.6 Å². The lowest BCUT2D eigenvalue weighted by atomic mass is 10.2. The molecule has 0 radical (unpaired) electrons. The Morgan fingerprint density at radius 2 is 2.03 bits per heavy atom. The van der Waals surface area contributed by atoms with Gasteiger partial charge >= 0.3 is 0 Å². The third-order valence-electron chi connectivity index (χ3n) is 5.70. The van der Waals surface area contributed by atoms with E-state index in [1.807, 2.05) is 43.6 Å². The Bertz CT molecular complexity index is 1290. The average molecular weight is 389 g/mol. The van der Waals surface area contributed by atoms with Crippen molar-refractivity contribution in [3.8, 4) is 11.4 Å². The summed E-state index contributed by atoms with van der Waals surface area (Å²) in [6.45, 7) is 5.71. The largest absolute Gasteiger partial charge is 0.355 e. The van der Waals surface area contributed by atoms with Gasteiger partial charge in [0.25, 0.3) is 0 Å². The van der Waals surface area contributed by atoms with Crippen molar-refractivity contribution in [2.75, 3.05) is 25.0 Å². The summed E-state index contributed by atoms with van der Waals surface area (Å²) in [7, 11) is 1.99. The van der Waals surface area contributed by atoms with Crippen LogP contribution in [0.5, 0.6) is 0 Å². The first-order valence-electron chi connectivity index (χ1n) is 9.81. The number of pyridine rings is 2. The molecule has 0 amide bonds. The van der Waals surface area contributed by atoms with Gasteiger partial charge in [0.15, 0.2) is 11.3 Å². The lowest BCUT2D eigenvalue weighted by molar-refractivity contribution is 0.616. The highest BCUT2D eigenvalue weighted by molar-refractivity contribution is 5.78. The van der Waals surface area contributed by atoms with Crippen molar-refractivity contribution in [3.63, 3.8) is 0 Å². The molecule has 1 aliphatic heterocycles. The summed E-state index contributed by atoms with van der Waals surface area (Å²) in [5, 5.41) is 3.32. The van der Waals surface area contributed by atoms with E-state index in [9.17, 15) is 4.79 Å². The van der Waals surface area contributed by atoms with Crippen molar-refractivity contribution < 1.29 is 0 Å². The molecule has 1 aliphatic rings. The van der Waals surface area contributed by atoms with Crippen LogP contribution in [0.15, 0.2) is 35.5 Å². The van der Waals surface area contributed by atoms with E-state index in [1.165, 1.54) is 0 Å². The van der Waals surface area contributed by atoms with Gasteiger partial charge in [0.05, 0.1) is 17.3 Å². The van der Waals surface area contributed by atoms with Gasteiger partial charge in [-0.25, -0.2) is 15.0 Å². The number of imidazole rings is 1. The Kier molecular flexibility index (Phi) is 4.09. The predicted octanol–water partition coefficient (Wildman–Crippen LogP) is 2.05. The van der Waals surface area contributed by atoms with Crippen LogP contribution >= 0.6 is 0 Å². The summed E-state index contributed by atoms with van der Waals surface area (Å²) in [4.78, 5) is 32.2. The Labute approximate surface area is 167 Å². The highest BCUT2D eigenvalue weighted by atomic mass is 16.1. The number of anilines is 1. The number of fused-ring (bicyclic) bond motifs is 2. The molecule has 2 N–H and O–H groups in total. The maximum Gasteiger partial charge on any atom is 0.197 e. The van der Waals surface area contributed by atoms with Gasteiger partial charge in [-0.3, -0.25) is 4.79 Å². The first kappa shape index (κ1) is 17.8. The molecule has 0 saturated carbocycles. The molecule has 148 valence electrons. The zero-order chi connectivity index (χ0) is 20.1. The summed E-state index contributed by atoms with van der Waals surface area (Å²) in [6, 6.07) is 4.45. The SMILES string of the molecule is CN[C@H]1CCN(c2ccc3nc(-c4cn5cc(C)[nH]c5c(C)c4=O)ncc3n2)C1. The van der Waals surface area contributed by atoms with E-state index in [4.69, 9.17) is 4.98 Å². The summed E-state index contributed by atoms with van der Waals surface area (Å²) < 4.78 is 1.92. The Balaban J connectivity index is 1.55. The minimum Gasteiger partial charge on any atom is -0.355 e. The van der Waals surface area contributed by atoms with Crippen molar-refractivity contribution in [2.45, 2.75) is 26.3 Å². The van der Waals surface area contributed by atoms with E-state index < -0.39 is 0 Å².